The van der Waals surface area contributed by atoms with Crippen LogP contribution in [0.3, 0.4) is 0 Å². The van der Waals surface area contributed by atoms with Gasteiger partial charge in [0.25, 0.3) is 5.91 Å². The van der Waals surface area contributed by atoms with Crippen molar-refractivity contribution in [2.24, 2.45) is 0 Å². The summed E-state index contributed by atoms with van der Waals surface area (Å²) < 4.78 is 1.77. The molecule has 5 rings (SSSR count). The predicted molar refractivity (Wildman–Crippen MR) is 125 cm³/mol. The second-order valence-corrected chi connectivity index (χ2v) is 8.20. The van der Waals surface area contributed by atoms with Crippen molar-refractivity contribution in [1.29, 1.82) is 0 Å². The molecule has 1 saturated heterocycles. The fraction of sp³-hybridized carbons (Fsp3) is 0.231. The molecule has 5 heteroatoms. The molecule has 156 valence electrons. The van der Waals surface area contributed by atoms with Crippen LogP contribution in [0.2, 0.25) is 0 Å². The molecule has 3 aromatic carbocycles. The van der Waals surface area contributed by atoms with Gasteiger partial charge in [-0.1, -0.05) is 54.1 Å². The Bertz CT molecular complexity index is 1230. The summed E-state index contributed by atoms with van der Waals surface area (Å²) in [6, 6.07) is 24.9. The number of fused-ring (bicyclic) bond motifs is 1. The summed E-state index contributed by atoms with van der Waals surface area (Å²) in [5.74, 6) is 0.0405. The van der Waals surface area contributed by atoms with Crippen LogP contribution in [0.15, 0.2) is 72.8 Å². The van der Waals surface area contributed by atoms with E-state index in [1.54, 1.807) is 4.68 Å². The summed E-state index contributed by atoms with van der Waals surface area (Å²) in [6.45, 7) is 7.01. The largest absolute Gasteiger partial charge is 0.367 e. The van der Waals surface area contributed by atoms with Gasteiger partial charge in [-0.2, -0.15) is 5.10 Å². The molecule has 0 unspecified atom stereocenters. The fourth-order valence-corrected chi connectivity index (χ4v) is 4.33. The lowest BCUT2D eigenvalue weighted by atomic mass is 10.1. The van der Waals surface area contributed by atoms with Crippen molar-refractivity contribution < 1.29 is 4.79 Å². The standard InChI is InChI=1S/C26H26N4O/c1-19-10-12-22(13-11-19)30-25(18-20(2)27-30)26(31)29-16-14-28(15-17-29)24-9-5-7-21-6-3-4-8-23(21)24/h3-13,18H,14-17H2,1-2H3. The first-order valence-electron chi connectivity index (χ1n) is 10.8. The molecule has 5 nitrogen and oxygen atoms in total. The van der Waals surface area contributed by atoms with Gasteiger partial charge in [-0.15, -0.1) is 0 Å². The van der Waals surface area contributed by atoms with Crippen molar-refractivity contribution in [1.82, 2.24) is 14.7 Å². The zero-order valence-electron chi connectivity index (χ0n) is 18.0. The first-order chi connectivity index (χ1) is 15.1. The first kappa shape index (κ1) is 19.4. The van der Waals surface area contributed by atoms with Crippen molar-refractivity contribution in [2.75, 3.05) is 31.1 Å². The molecule has 31 heavy (non-hydrogen) atoms. The van der Waals surface area contributed by atoms with Gasteiger partial charge in [0.2, 0.25) is 0 Å². The Morgan fingerprint density at radius 2 is 1.55 bits per heavy atom. The van der Waals surface area contributed by atoms with E-state index >= 15 is 0 Å². The molecular weight excluding hydrogens is 384 g/mol. The Labute approximate surface area is 182 Å². The maximum absolute atomic E-state index is 13.4. The smallest absolute Gasteiger partial charge is 0.272 e. The molecule has 0 atom stereocenters. The van der Waals surface area contributed by atoms with Crippen LogP contribution < -0.4 is 4.90 Å². The van der Waals surface area contributed by atoms with E-state index in [4.69, 9.17) is 0 Å². The summed E-state index contributed by atoms with van der Waals surface area (Å²) in [6.07, 6.45) is 0. The Kier molecular flexibility index (Phi) is 4.94. The van der Waals surface area contributed by atoms with E-state index in [1.807, 2.05) is 42.2 Å². The Morgan fingerprint density at radius 1 is 0.839 bits per heavy atom. The highest BCUT2D eigenvalue weighted by molar-refractivity contribution is 5.95. The molecular formula is C26H26N4O. The second kappa shape index (κ2) is 7.91. The summed E-state index contributed by atoms with van der Waals surface area (Å²) in [5, 5.41) is 7.09. The third kappa shape index (κ3) is 3.67. The molecule has 0 aliphatic carbocycles. The molecule has 4 aromatic rings. The average molecular weight is 411 g/mol. The quantitative estimate of drug-likeness (QED) is 0.495. The van der Waals surface area contributed by atoms with Crippen molar-refractivity contribution in [3.63, 3.8) is 0 Å². The van der Waals surface area contributed by atoms with Crippen LogP contribution in [-0.2, 0) is 0 Å². The molecule has 0 N–H and O–H groups in total. The third-order valence-corrected chi connectivity index (χ3v) is 6.00. The second-order valence-electron chi connectivity index (χ2n) is 8.20. The van der Waals surface area contributed by atoms with E-state index in [2.05, 4.69) is 59.4 Å². The van der Waals surface area contributed by atoms with Crippen molar-refractivity contribution in [3.05, 3.63) is 89.7 Å². The fourth-order valence-electron chi connectivity index (χ4n) is 4.33. The van der Waals surface area contributed by atoms with E-state index in [0.29, 0.717) is 18.8 Å². The summed E-state index contributed by atoms with van der Waals surface area (Å²) in [7, 11) is 0. The molecule has 0 saturated carbocycles. The van der Waals surface area contributed by atoms with Crippen LogP contribution in [0, 0.1) is 13.8 Å². The SMILES string of the molecule is Cc1ccc(-n2nc(C)cc2C(=O)N2CCN(c3cccc4ccccc34)CC2)cc1. The van der Waals surface area contributed by atoms with Crippen LogP contribution in [-0.4, -0.2) is 46.8 Å². The molecule has 1 aliphatic heterocycles. The summed E-state index contributed by atoms with van der Waals surface area (Å²) in [5.41, 5.74) is 4.81. The number of carbonyl (C=O) groups excluding carboxylic acids is 1. The minimum atomic E-state index is 0.0405. The predicted octanol–water partition coefficient (Wildman–Crippen LogP) is 4.60. The van der Waals surface area contributed by atoms with Crippen molar-refractivity contribution in [3.8, 4) is 5.69 Å². The highest BCUT2D eigenvalue weighted by Gasteiger charge is 2.26. The van der Waals surface area contributed by atoms with E-state index in [9.17, 15) is 4.79 Å². The zero-order valence-corrected chi connectivity index (χ0v) is 18.0. The maximum Gasteiger partial charge on any atom is 0.272 e. The molecule has 2 heterocycles. The van der Waals surface area contributed by atoms with Crippen molar-refractivity contribution in [2.45, 2.75) is 13.8 Å². The normalized spacial score (nSPS) is 14.3. The lowest BCUT2D eigenvalue weighted by Gasteiger charge is -2.36. The number of anilines is 1. The molecule has 1 fully saturated rings. The minimum absolute atomic E-state index is 0.0405. The van der Waals surface area contributed by atoms with Gasteiger partial charge in [0.05, 0.1) is 11.4 Å². The average Bonchev–Trinajstić information content (AvgIpc) is 3.20. The lowest BCUT2D eigenvalue weighted by Crippen LogP contribution is -2.49. The van der Waals surface area contributed by atoms with Crippen LogP contribution in [0.1, 0.15) is 21.7 Å². The number of amides is 1. The maximum atomic E-state index is 13.4. The van der Waals surface area contributed by atoms with Gasteiger partial charge in [-0.05, 0) is 43.5 Å². The number of hydrogen-bond acceptors (Lipinski definition) is 3. The van der Waals surface area contributed by atoms with E-state index in [-0.39, 0.29) is 5.91 Å². The molecule has 0 radical (unpaired) electrons. The Morgan fingerprint density at radius 3 is 2.32 bits per heavy atom. The molecule has 0 bridgehead atoms. The number of hydrogen-bond donors (Lipinski definition) is 0. The van der Waals surface area contributed by atoms with Gasteiger partial charge >= 0.3 is 0 Å². The Hall–Kier alpha value is -3.60. The molecule has 1 aromatic heterocycles. The monoisotopic (exact) mass is 410 g/mol. The first-order valence-corrected chi connectivity index (χ1v) is 10.8. The number of aromatic nitrogens is 2. The van der Waals surface area contributed by atoms with Crippen LogP contribution in [0.4, 0.5) is 5.69 Å². The van der Waals surface area contributed by atoms with Crippen LogP contribution in [0.25, 0.3) is 16.5 Å². The lowest BCUT2D eigenvalue weighted by molar-refractivity contribution is 0.0737. The van der Waals surface area contributed by atoms with Crippen LogP contribution in [0.5, 0.6) is 0 Å². The highest BCUT2D eigenvalue weighted by atomic mass is 16.2. The number of carbonyl (C=O) groups is 1. The third-order valence-electron chi connectivity index (χ3n) is 6.00. The minimum Gasteiger partial charge on any atom is -0.367 e. The van der Waals surface area contributed by atoms with E-state index in [0.717, 1.165) is 24.5 Å². The molecule has 1 amide bonds. The van der Waals surface area contributed by atoms with Gasteiger partial charge in [0.15, 0.2) is 0 Å². The number of nitrogens with zero attached hydrogens (tertiary/aromatic N) is 4. The van der Waals surface area contributed by atoms with Crippen molar-refractivity contribution >= 4 is 22.4 Å². The number of aryl methyl sites for hydroxylation is 2. The molecule has 1 aliphatic rings. The van der Waals surface area contributed by atoms with E-state index < -0.39 is 0 Å². The zero-order chi connectivity index (χ0) is 21.4. The van der Waals surface area contributed by atoms with Crippen LogP contribution >= 0.6 is 0 Å². The van der Waals surface area contributed by atoms with Gasteiger partial charge in [0.1, 0.15) is 5.69 Å². The Balaban J connectivity index is 1.36. The topological polar surface area (TPSA) is 41.4 Å². The number of piperazine rings is 1. The van der Waals surface area contributed by atoms with Gasteiger partial charge in [-0.25, -0.2) is 4.68 Å². The highest BCUT2D eigenvalue weighted by Crippen LogP contribution is 2.28. The van der Waals surface area contributed by atoms with Gasteiger partial charge in [0, 0.05) is 37.3 Å². The summed E-state index contributed by atoms with van der Waals surface area (Å²) in [4.78, 5) is 17.7. The van der Waals surface area contributed by atoms with E-state index in [1.165, 1.54) is 22.0 Å². The van der Waals surface area contributed by atoms with Gasteiger partial charge in [-0.3, -0.25) is 4.79 Å². The number of benzene rings is 3. The van der Waals surface area contributed by atoms with Gasteiger partial charge < -0.3 is 9.80 Å². The summed E-state index contributed by atoms with van der Waals surface area (Å²) >= 11 is 0. The molecule has 0 spiro atoms. The number of rotatable bonds is 3.